The van der Waals surface area contributed by atoms with Gasteiger partial charge in [-0.05, 0) is 31.4 Å². The van der Waals surface area contributed by atoms with Crippen LogP contribution < -0.4 is 0 Å². The Kier molecular flexibility index (Phi) is 12.9. The molecule has 14 nitrogen and oxygen atoms in total. The number of aromatic amines is 4. The molecule has 0 aliphatic rings. The summed E-state index contributed by atoms with van der Waals surface area (Å²) in [5.74, 6) is 0.0851. The number of rotatable bonds is 8. The summed E-state index contributed by atoms with van der Waals surface area (Å²) in [6, 6.07) is 12.9. The van der Waals surface area contributed by atoms with Gasteiger partial charge in [0.2, 0.25) is 10.2 Å². The molecule has 8 aromatic rings. The van der Waals surface area contributed by atoms with E-state index in [1.165, 1.54) is 18.0 Å². The number of esters is 2. The van der Waals surface area contributed by atoms with Crippen LogP contribution in [-0.2, 0) is 9.47 Å². The van der Waals surface area contributed by atoms with Crippen LogP contribution in [-0.4, -0.2) is 67.1 Å². The number of fused-ring (bicyclic) bond motifs is 4. The molecule has 0 amide bonds. The van der Waals surface area contributed by atoms with Gasteiger partial charge < -0.3 is 47.1 Å². The lowest BCUT2D eigenvalue weighted by Gasteiger charge is -1.96. The maximum atomic E-state index is 11.8. The molecule has 0 aliphatic heterocycles. The van der Waals surface area contributed by atoms with Gasteiger partial charge in [-0.25, -0.2) is 14.0 Å². The SMILES string of the molecule is CCOC(=O)c1cc2occc2[nH]1.CCOC(=O)c1cc2occc2[nH]1.CCSC(=O)c1cc2occc2[nH]1.O=C(SCF)c1cc2occc2[nH]1. The van der Waals surface area contributed by atoms with E-state index in [2.05, 4.69) is 19.9 Å². The molecule has 0 saturated carbocycles. The monoisotopic (exact) mass is 752 g/mol. The molecular weight excluding hydrogens is 720 g/mol. The van der Waals surface area contributed by atoms with Crippen molar-refractivity contribution in [2.75, 3.05) is 25.0 Å². The van der Waals surface area contributed by atoms with Gasteiger partial charge in [0, 0.05) is 48.5 Å². The second-order valence-corrected chi connectivity index (χ2v) is 12.3. The second-order valence-electron chi connectivity index (χ2n) is 10.2. The molecule has 0 aliphatic carbocycles. The zero-order valence-electron chi connectivity index (χ0n) is 28.0. The Balaban J connectivity index is 0.000000134. The third-order valence-electron chi connectivity index (χ3n) is 6.85. The fraction of sp³-hybridized carbons (Fsp3) is 0.200. The molecule has 52 heavy (non-hydrogen) atoms. The molecule has 0 radical (unpaired) electrons. The number of carbonyl (C=O) groups is 4. The maximum Gasteiger partial charge on any atom is 0.354 e. The summed E-state index contributed by atoms with van der Waals surface area (Å²) >= 11 is 1.92. The second kappa shape index (κ2) is 17.9. The van der Waals surface area contributed by atoms with Crippen molar-refractivity contribution in [3.63, 3.8) is 0 Å². The van der Waals surface area contributed by atoms with Gasteiger partial charge in [-0.3, -0.25) is 9.59 Å². The Hall–Kier alpha value is -5.81. The standard InChI is InChI=1S/2C9H9NO3.C9H9NO2S.C8H6FNO2S/c2*1-2-12-9(11)7-5-8-6(10-7)3-4-13-8;1-2-13-9(11)7-5-8-6(10-7)3-4-12-8;9-4-13-8(11)6-3-7-5(10-6)1-2-12-7/h3*3-5,10H,2H2,1H3;1-3,10H,4H2. The molecule has 0 spiro atoms. The number of nitrogens with one attached hydrogen (secondary N) is 4. The van der Waals surface area contributed by atoms with Crippen molar-refractivity contribution in [2.45, 2.75) is 20.8 Å². The molecule has 8 heterocycles. The van der Waals surface area contributed by atoms with Gasteiger partial charge in [0.05, 0.1) is 71.7 Å². The predicted molar refractivity (Wildman–Crippen MR) is 195 cm³/mol. The summed E-state index contributed by atoms with van der Waals surface area (Å²) in [5.41, 5.74) is 7.77. The Bertz CT molecular complexity index is 1940. The molecule has 0 unspecified atom stereocenters. The number of hydrogen-bond acceptors (Lipinski definition) is 12. The van der Waals surface area contributed by atoms with Crippen LogP contribution in [0.4, 0.5) is 4.39 Å². The third kappa shape index (κ3) is 9.29. The molecule has 4 N–H and O–H groups in total. The minimum atomic E-state index is -0.709. The fourth-order valence-corrected chi connectivity index (χ4v) is 5.48. The van der Waals surface area contributed by atoms with Crippen molar-refractivity contribution in [3.05, 3.63) is 96.4 Å². The minimum absolute atomic E-state index is 0.0638. The lowest BCUT2D eigenvalue weighted by Crippen LogP contribution is -2.04. The summed E-state index contributed by atoms with van der Waals surface area (Å²) in [7, 11) is 0. The first kappa shape index (κ1) is 37.4. The molecule has 0 saturated heterocycles. The largest absolute Gasteiger partial charge is 0.463 e. The van der Waals surface area contributed by atoms with E-state index in [4.69, 9.17) is 27.1 Å². The van der Waals surface area contributed by atoms with E-state index >= 15 is 0 Å². The molecule has 0 fully saturated rings. The number of H-pyrrole nitrogens is 4. The summed E-state index contributed by atoms with van der Waals surface area (Å²) in [5, 5.41) is -0.247. The lowest BCUT2D eigenvalue weighted by atomic mass is 10.4. The number of aromatic nitrogens is 4. The molecule has 8 aromatic heterocycles. The fourth-order valence-electron chi connectivity index (χ4n) is 4.59. The van der Waals surface area contributed by atoms with Gasteiger partial charge in [0.25, 0.3) is 0 Å². The predicted octanol–water partition coefficient (Wildman–Crippen LogP) is 9.09. The van der Waals surface area contributed by atoms with E-state index in [-0.39, 0.29) is 22.2 Å². The number of thioether (sulfide) groups is 2. The Morgan fingerprint density at radius 1 is 0.558 bits per heavy atom. The van der Waals surface area contributed by atoms with Crippen LogP contribution in [0, 0.1) is 0 Å². The van der Waals surface area contributed by atoms with Gasteiger partial charge in [0.15, 0.2) is 22.3 Å². The highest BCUT2D eigenvalue weighted by Gasteiger charge is 2.13. The van der Waals surface area contributed by atoms with Crippen molar-refractivity contribution in [1.82, 2.24) is 19.9 Å². The van der Waals surface area contributed by atoms with Crippen molar-refractivity contribution in [1.29, 1.82) is 0 Å². The van der Waals surface area contributed by atoms with Crippen LogP contribution in [0.15, 0.2) is 91.3 Å². The number of hydrogen-bond donors (Lipinski definition) is 4. The average molecular weight is 753 g/mol. The van der Waals surface area contributed by atoms with Crippen LogP contribution in [0.5, 0.6) is 0 Å². The van der Waals surface area contributed by atoms with Gasteiger partial charge in [-0.15, -0.1) is 0 Å². The van der Waals surface area contributed by atoms with E-state index in [0.717, 1.165) is 33.4 Å². The zero-order valence-corrected chi connectivity index (χ0v) is 29.7. The topological polar surface area (TPSA) is 202 Å². The summed E-state index contributed by atoms with van der Waals surface area (Å²) in [6.07, 6.45) is 6.26. The first-order valence-electron chi connectivity index (χ1n) is 15.7. The minimum Gasteiger partial charge on any atom is -0.463 e. The van der Waals surface area contributed by atoms with Crippen molar-refractivity contribution >= 4 is 90.1 Å². The van der Waals surface area contributed by atoms with Crippen LogP contribution in [0.1, 0.15) is 62.7 Å². The first-order valence-corrected chi connectivity index (χ1v) is 17.7. The Morgan fingerprint density at radius 3 is 1.19 bits per heavy atom. The number of alkyl halides is 1. The van der Waals surface area contributed by atoms with Gasteiger partial charge in [-0.2, -0.15) is 0 Å². The van der Waals surface area contributed by atoms with Crippen molar-refractivity contribution < 1.29 is 50.7 Å². The molecule has 0 bridgehead atoms. The van der Waals surface area contributed by atoms with Gasteiger partial charge in [0.1, 0.15) is 17.4 Å². The van der Waals surface area contributed by atoms with E-state index < -0.39 is 6.01 Å². The van der Waals surface area contributed by atoms with E-state index in [9.17, 15) is 23.6 Å². The zero-order chi connectivity index (χ0) is 37.0. The van der Waals surface area contributed by atoms with Crippen LogP contribution in [0.25, 0.3) is 44.4 Å². The molecule has 272 valence electrons. The summed E-state index contributed by atoms with van der Waals surface area (Å²) in [4.78, 5) is 56.6. The highest BCUT2D eigenvalue weighted by atomic mass is 32.2. The normalized spacial score (nSPS) is 10.7. The van der Waals surface area contributed by atoms with E-state index in [1.807, 2.05) is 13.0 Å². The van der Waals surface area contributed by atoms with Crippen LogP contribution >= 0.6 is 23.5 Å². The number of carbonyl (C=O) groups excluding carboxylic acids is 4. The maximum absolute atomic E-state index is 11.8. The highest BCUT2D eigenvalue weighted by molar-refractivity contribution is 8.14. The molecular formula is C35H33FN4O10S2. The molecule has 8 rings (SSSR count). The lowest BCUT2D eigenvalue weighted by molar-refractivity contribution is 0.0511. The molecule has 17 heteroatoms. The van der Waals surface area contributed by atoms with E-state index in [0.29, 0.717) is 64.5 Å². The first-order chi connectivity index (χ1) is 25.2. The molecule has 0 atom stereocenters. The third-order valence-corrected chi connectivity index (χ3v) is 8.21. The summed E-state index contributed by atoms with van der Waals surface area (Å²) in [6.45, 7) is 6.24. The number of furan rings is 4. The highest BCUT2D eigenvalue weighted by Crippen LogP contribution is 2.21. The number of halogens is 1. The Labute approximate surface area is 302 Å². The number of ether oxygens (including phenoxy) is 2. The molecule has 0 aromatic carbocycles. The smallest absolute Gasteiger partial charge is 0.354 e. The van der Waals surface area contributed by atoms with Crippen molar-refractivity contribution in [3.8, 4) is 0 Å². The van der Waals surface area contributed by atoms with E-state index in [1.54, 1.807) is 75.1 Å². The van der Waals surface area contributed by atoms with Gasteiger partial charge >= 0.3 is 11.9 Å². The Morgan fingerprint density at radius 2 is 0.885 bits per heavy atom. The van der Waals surface area contributed by atoms with Gasteiger partial charge in [-0.1, -0.05) is 18.7 Å². The van der Waals surface area contributed by atoms with Crippen LogP contribution in [0.2, 0.25) is 0 Å². The van der Waals surface area contributed by atoms with Crippen molar-refractivity contribution in [2.24, 2.45) is 0 Å². The quantitative estimate of drug-likeness (QED) is 0.107. The average Bonchev–Trinajstić information content (AvgIpc) is 3.95. The summed E-state index contributed by atoms with van der Waals surface area (Å²) < 4.78 is 41.8. The van der Waals surface area contributed by atoms with Crippen LogP contribution in [0.3, 0.4) is 0 Å².